The van der Waals surface area contributed by atoms with Crippen LogP contribution >= 0.6 is 0 Å². The number of carbonyl (C=O) groups is 3. The molecule has 0 fully saturated rings. The van der Waals surface area contributed by atoms with Crippen molar-refractivity contribution >= 4 is 24.0 Å². The van der Waals surface area contributed by atoms with Gasteiger partial charge < -0.3 is 21.1 Å². The number of benzene rings is 1. The van der Waals surface area contributed by atoms with Gasteiger partial charge in [-0.15, -0.1) is 0 Å². The van der Waals surface area contributed by atoms with E-state index >= 15 is 0 Å². The predicted octanol–water partition coefficient (Wildman–Crippen LogP) is 2.84. The summed E-state index contributed by atoms with van der Waals surface area (Å²) in [6.45, 7) is 12.3. The Morgan fingerprint density at radius 3 is 2.27 bits per heavy atom. The van der Waals surface area contributed by atoms with Crippen LogP contribution in [0.2, 0.25) is 0 Å². The molecular formula is C19H33N3O4. The number of hydrogen-bond donors (Lipinski definition) is 3. The summed E-state index contributed by atoms with van der Waals surface area (Å²) in [6.07, 6.45) is 0.573. The van der Waals surface area contributed by atoms with Crippen molar-refractivity contribution in [2.75, 3.05) is 11.9 Å². The zero-order valence-electron chi connectivity index (χ0n) is 16.7. The number of esters is 1. The van der Waals surface area contributed by atoms with Gasteiger partial charge in [0, 0.05) is 35.8 Å². The molecule has 1 aromatic carbocycles. The average molecular weight is 367 g/mol. The van der Waals surface area contributed by atoms with Crippen LogP contribution in [-0.2, 0) is 20.9 Å². The van der Waals surface area contributed by atoms with Crippen LogP contribution in [0.4, 0.5) is 5.69 Å². The van der Waals surface area contributed by atoms with Crippen LogP contribution in [0.3, 0.4) is 0 Å². The Labute approximate surface area is 156 Å². The number of amides is 2. The van der Waals surface area contributed by atoms with Gasteiger partial charge in [-0.1, -0.05) is 26.8 Å². The Balaban J connectivity index is 0. The Hall–Kier alpha value is -2.57. The van der Waals surface area contributed by atoms with E-state index in [9.17, 15) is 9.59 Å². The molecule has 0 bridgehead atoms. The Morgan fingerprint density at radius 1 is 1.23 bits per heavy atom. The van der Waals surface area contributed by atoms with Crippen LogP contribution in [0.15, 0.2) is 18.2 Å². The smallest absolute Gasteiger partial charge is 0.305 e. The number of ether oxygens (including phenoxy) is 1. The van der Waals surface area contributed by atoms with Gasteiger partial charge in [0.15, 0.2) is 0 Å². The number of hydrogen-bond acceptors (Lipinski definition) is 5. The summed E-state index contributed by atoms with van der Waals surface area (Å²) >= 11 is 0. The molecule has 4 N–H and O–H groups in total. The lowest BCUT2D eigenvalue weighted by molar-refractivity contribution is -0.144. The van der Waals surface area contributed by atoms with Crippen molar-refractivity contribution in [3.8, 4) is 0 Å². The molecule has 0 saturated carbocycles. The van der Waals surface area contributed by atoms with Gasteiger partial charge in [0.2, 0.25) is 6.41 Å². The second-order valence-corrected chi connectivity index (χ2v) is 5.18. The molecule has 0 unspecified atom stereocenters. The second-order valence-electron chi connectivity index (χ2n) is 5.18. The van der Waals surface area contributed by atoms with E-state index in [4.69, 9.17) is 9.53 Å². The number of anilines is 1. The van der Waals surface area contributed by atoms with E-state index < -0.39 is 0 Å². The Kier molecular flexibility index (Phi) is 15.7. The number of rotatable bonds is 7. The summed E-state index contributed by atoms with van der Waals surface area (Å²) in [5.74, 6) is -0.436. The van der Waals surface area contributed by atoms with Crippen molar-refractivity contribution in [1.29, 1.82) is 0 Å². The monoisotopic (exact) mass is 367 g/mol. The number of carbonyl (C=O) groups excluding carboxylic acids is 3. The summed E-state index contributed by atoms with van der Waals surface area (Å²) in [4.78, 5) is 32.0. The van der Waals surface area contributed by atoms with Gasteiger partial charge in [0.1, 0.15) is 6.61 Å². The zero-order chi connectivity index (χ0) is 20.5. The molecular weight excluding hydrogens is 334 g/mol. The van der Waals surface area contributed by atoms with E-state index in [1.54, 1.807) is 13.0 Å². The first kappa shape index (κ1) is 25.7. The number of nitrogens with one attached hydrogen (secondary N) is 2. The van der Waals surface area contributed by atoms with Crippen molar-refractivity contribution in [3.05, 3.63) is 29.3 Å². The minimum atomic E-state index is -0.277. The third-order valence-corrected chi connectivity index (χ3v) is 2.82. The first-order chi connectivity index (χ1) is 12.4. The van der Waals surface area contributed by atoms with Crippen molar-refractivity contribution in [3.63, 3.8) is 0 Å². The van der Waals surface area contributed by atoms with Crippen LogP contribution in [0, 0.1) is 0 Å². The van der Waals surface area contributed by atoms with E-state index in [2.05, 4.69) is 16.4 Å². The summed E-state index contributed by atoms with van der Waals surface area (Å²) in [5, 5.41) is 6.03. The number of nitrogens with two attached hydrogens (primary N) is 1. The highest BCUT2D eigenvalue weighted by Gasteiger charge is 2.13. The zero-order valence-corrected chi connectivity index (χ0v) is 16.7. The molecule has 0 aliphatic heterocycles. The molecule has 7 heteroatoms. The van der Waals surface area contributed by atoms with Crippen LogP contribution in [-0.4, -0.2) is 30.9 Å². The molecule has 2 amide bonds. The van der Waals surface area contributed by atoms with E-state index in [1.165, 1.54) is 0 Å². The lowest BCUT2D eigenvalue weighted by Crippen LogP contribution is -2.24. The average Bonchev–Trinajstić information content (AvgIpc) is 2.62. The highest BCUT2D eigenvalue weighted by atomic mass is 16.5. The molecule has 0 saturated heterocycles. The minimum Gasteiger partial charge on any atom is -0.461 e. The molecule has 0 spiro atoms. The van der Waals surface area contributed by atoms with Gasteiger partial charge in [-0.05, 0) is 32.9 Å². The van der Waals surface area contributed by atoms with Gasteiger partial charge in [0.25, 0.3) is 5.91 Å². The van der Waals surface area contributed by atoms with Gasteiger partial charge in [-0.25, -0.2) is 0 Å². The lowest BCUT2D eigenvalue weighted by Gasteiger charge is -2.14. The maximum Gasteiger partial charge on any atom is 0.305 e. The molecule has 1 rings (SSSR count). The highest BCUT2D eigenvalue weighted by molar-refractivity contribution is 5.96. The van der Waals surface area contributed by atoms with Crippen molar-refractivity contribution in [1.82, 2.24) is 5.32 Å². The third kappa shape index (κ3) is 11.1. The molecule has 0 aromatic heterocycles. The first-order valence-corrected chi connectivity index (χ1v) is 8.88. The molecule has 26 heavy (non-hydrogen) atoms. The third-order valence-electron chi connectivity index (χ3n) is 2.82. The van der Waals surface area contributed by atoms with Gasteiger partial charge in [-0.3, -0.25) is 14.4 Å². The van der Waals surface area contributed by atoms with Crippen molar-refractivity contribution < 1.29 is 19.1 Å². The van der Waals surface area contributed by atoms with Gasteiger partial charge in [-0.2, -0.15) is 0 Å². The molecule has 0 aliphatic rings. The van der Waals surface area contributed by atoms with Crippen LogP contribution < -0.4 is 16.4 Å². The molecule has 1 aromatic rings. The summed E-state index contributed by atoms with van der Waals surface area (Å²) in [7, 11) is 0. The normalized spacial score (nSPS) is 9.04. The summed E-state index contributed by atoms with van der Waals surface area (Å²) < 4.78 is 5.13. The fourth-order valence-electron chi connectivity index (χ4n) is 1.85. The topological polar surface area (TPSA) is 111 Å². The van der Waals surface area contributed by atoms with Gasteiger partial charge in [0.05, 0.1) is 0 Å². The maximum atomic E-state index is 12.1. The standard InChI is InChI=1S/C16H24N2O3.C2H6.CH3NO/c1-5-15(19)21-10-12-7-8-13(18-11(3)4)9-14(12)16(20)17-6-2;1-2;2-1-3/h7-9,11,18H,5-6,10H2,1-4H3,(H,17,20);1-2H3;1H,(H2,2,3). The maximum absolute atomic E-state index is 12.1. The SMILES string of the molecule is CC.CCNC(=O)c1cc(NC(C)C)ccc1COC(=O)CC.NC=O. The van der Waals surface area contributed by atoms with E-state index in [0.717, 1.165) is 5.69 Å². The van der Waals surface area contributed by atoms with Crippen molar-refractivity contribution in [2.24, 2.45) is 5.73 Å². The van der Waals surface area contributed by atoms with Crippen LogP contribution in [0.1, 0.15) is 63.9 Å². The van der Waals surface area contributed by atoms with Gasteiger partial charge >= 0.3 is 5.97 Å². The Bertz CT molecular complexity index is 546. The summed E-state index contributed by atoms with van der Waals surface area (Å²) in [6, 6.07) is 5.77. The first-order valence-electron chi connectivity index (χ1n) is 8.88. The fraction of sp³-hybridized carbons (Fsp3) is 0.526. The molecule has 7 nitrogen and oxygen atoms in total. The second kappa shape index (κ2) is 15.9. The summed E-state index contributed by atoms with van der Waals surface area (Å²) in [5.41, 5.74) is 6.28. The van der Waals surface area contributed by atoms with E-state index in [0.29, 0.717) is 24.1 Å². The number of primary amides is 1. The molecule has 0 atom stereocenters. The van der Waals surface area contributed by atoms with Crippen LogP contribution in [0.25, 0.3) is 0 Å². The Morgan fingerprint density at radius 2 is 1.81 bits per heavy atom. The quantitative estimate of drug-likeness (QED) is 0.507. The molecule has 0 radical (unpaired) electrons. The highest BCUT2D eigenvalue weighted by Crippen LogP contribution is 2.18. The minimum absolute atomic E-state index is 0.112. The van der Waals surface area contributed by atoms with E-state index in [1.807, 2.05) is 46.8 Å². The largest absolute Gasteiger partial charge is 0.461 e. The fourth-order valence-corrected chi connectivity index (χ4v) is 1.85. The van der Waals surface area contributed by atoms with Crippen LogP contribution in [0.5, 0.6) is 0 Å². The predicted molar refractivity (Wildman–Crippen MR) is 105 cm³/mol. The van der Waals surface area contributed by atoms with E-state index in [-0.39, 0.29) is 30.9 Å². The molecule has 0 heterocycles. The van der Waals surface area contributed by atoms with Crippen molar-refractivity contribution in [2.45, 2.75) is 60.6 Å². The molecule has 148 valence electrons. The molecule has 0 aliphatic carbocycles. The lowest BCUT2D eigenvalue weighted by atomic mass is 10.1.